The van der Waals surface area contributed by atoms with Gasteiger partial charge in [0, 0.05) is 10.9 Å². The Kier molecular flexibility index (Phi) is 7.34. The van der Waals surface area contributed by atoms with Crippen molar-refractivity contribution in [2.24, 2.45) is 5.10 Å². The molecule has 0 aliphatic heterocycles. The Bertz CT molecular complexity index is 1270. The summed E-state index contributed by atoms with van der Waals surface area (Å²) in [5, 5.41) is 7.24. The summed E-state index contributed by atoms with van der Waals surface area (Å²) in [6.07, 6.45) is 1.64. The molecule has 6 nitrogen and oxygen atoms in total. The third-order valence-corrected chi connectivity index (χ3v) is 5.59. The zero-order chi connectivity index (χ0) is 23.0. The van der Waals surface area contributed by atoms with Crippen LogP contribution in [0.1, 0.15) is 22.8 Å². The molecule has 166 valence electrons. The molecule has 0 spiro atoms. The number of carbonyl (C=O) groups excluding carboxylic acids is 1. The molecule has 0 saturated carbocycles. The van der Waals surface area contributed by atoms with Crippen LogP contribution in [-0.2, 0) is 0 Å². The lowest BCUT2D eigenvalue weighted by atomic mass is 10.2. The summed E-state index contributed by atoms with van der Waals surface area (Å²) in [5.41, 5.74) is 5.94. The van der Waals surface area contributed by atoms with Gasteiger partial charge < -0.3 is 9.47 Å². The summed E-state index contributed by atoms with van der Waals surface area (Å²) >= 11 is 7.57. The zero-order valence-electron chi connectivity index (χ0n) is 17.7. The van der Waals surface area contributed by atoms with E-state index in [9.17, 15) is 4.79 Å². The van der Waals surface area contributed by atoms with E-state index in [2.05, 4.69) is 15.5 Å². The van der Waals surface area contributed by atoms with Crippen LogP contribution in [0.2, 0.25) is 5.02 Å². The number of halogens is 1. The molecule has 4 aromatic rings. The van der Waals surface area contributed by atoms with Crippen LogP contribution in [0.15, 0.2) is 83.3 Å². The molecule has 3 aromatic carbocycles. The van der Waals surface area contributed by atoms with Crippen LogP contribution in [-0.4, -0.2) is 23.8 Å². The molecule has 0 saturated heterocycles. The fourth-order valence-corrected chi connectivity index (χ4v) is 3.85. The molecule has 0 atom stereocenters. The van der Waals surface area contributed by atoms with Crippen molar-refractivity contribution < 1.29 is 14.3 Å². The average Bonchev–Trinajstić information content (AvgIpc) is 3.31. The maximum atomic E-state index is 12.5. The monoisotopic (exact) mass is 477 g/mol. The largest absolute Gasteiger partial charge is 0.490 e. The first-order valence-electron chi connectivity index (χ1n) is 10.2. The highest BCUT2D eigenvalue weighted by Crippen LogP contribution is 2.30. The van der Waals surface area contributed by atoms with Gasteiger partial charge in [0.1, 0.15) is 0 Å². The molecular weight excluding hydrogens is 458 g/mol. The van der Waals surface area contributed by atoms with Gasteiger partial charge in [0.25, 0.3) is 0 Å². The minimum absolute atomic E-state index is 0.287. The van der Waals surface area contributed by atoms with E-state index < -0.39 is 5.97 Å². The van der Waals surface area contributed by atoms with Crippen molar-refractivity contribution >= 4 is 40.3 Å². The first kappa shape index (κ1) is 22.5. The molecule has 0 unspecified atom stereocenters. The lowest BCUT2D eigenvalue weighted by Gasteiger charge is -2.11. The molecular formula is C25H20ClN3O3S. The van der Waals surface area contributed by atoms with E-state index in [1.165, 1.54) is 11.3 Å². The fourth-order valence-electron chi connectivity index (χ4n) is 2.97. The molecule has 33 heavy (non-hydrogen) atoms. The minimum atomic E-state index is -0.553. The first-order valence-corrected chi connectivity index (χ1v) is 11.4. The Morgan fingerprint density at radius 1 is 1.09 bits per heavy atom. The number of nitrogens with one attached hydrogen (secondary N) is 1. The van der Waals surface area contributed by atoms with Gasteiger partial charge in [-0.05, 0) is 42.8 Å². The Morgan fingerprint density at radius 3 is 2.67 bits per heavy atom. The lowest BCUT2D eigenvalue weighted by molar-refractivity contribution is 0.0728. The maximum Gasteiger partial charge on any atom is 0.345 e. The summed E-state index contributed by atoms with van der Waals surface area (Å²) in [7, 11) is 0. The molecule has 4 rings (SSSR count). The van der Waals surface area contributed by atoms with Crippen LogP contribution < -0.4 is 14.9 Å². The second-order valence-corrected chi connectivity index (χ2v) is 8.05. The van der Waals surface area contributed by atoms with E-state index in [0.717, 1.165) is 16.8 Å². The summed E-state index contributed by atoms with van der Waals surface area (Å²) < 4.78 is 11.2. The molecule has 0 fully saturated rings. The average molecular weight is 478 g/mol. The number of benzene rings is 3. The topological polar surface area (TPSA) is 72.8 Å². The van der Waals surface area contributed by atoms with Gasteiger partial charge in [-0.15, -0.1) is 11.3 Å². The lowest BCUT2D eigenvalue weighted by Crippen LogP contribution is -2.10. The Morgan fingerprint density at radius 2 is 1.88 bits per heavy atom. The molecule has 0 radical (unpaired) electrons. The van der Waals surface area contributed by atoms with Crippen molar-refractivity contribution in [3.05, 3.63) is 94.3 Å². The van der Waals surface area contributed by atoms with Crippen LogP contribution in [0, 0.1) is 0 Å². The fraction of sp³-hybridized carbons (Fsp3) is 0.0800. The number of nitrogens with zero attached hydrogens (tertiary/aromatic N) is 2. The molecule has 8 heteroatoms. The Labute approximate surface area is 200 Å². The van der Waals surface area contributed by atoms with E-state index in [1.54, 1.807) is 48.7 Å². The van der Waals surface area contributed by atoms with Crippen molar-refractivity contribution in [2.45, 2.75) is 6.92 Å². The van der Waals surface area contributed by atoms with E-state index >= 15 is 0 Å². The van der Waals surface area contributed by atoms with Gasteiger partial charge in [0.2, 0.25) is 5.13 Å². The van der Waals surface area contributed by atoms with Gasteiger partial charge >= 0.3 is 5.97 Å². The van der Waals surface area contributed by atoms with E-state index in [1.807, 2.05) is 42.6 Å². The normalized spacial score (nSPS) is 10.8. The van der Waals surface area contributed by atoms with Crippen LogP contribution in [0.4, 0.5) is 5.13 Å². The smallest absolute Gasteiger partial charge is 0.345 e. The first-order chi connectivity index (χ1) is 16.1. The number of hydrazone groups is 1. The van der Waals surface area contributed by atoms with Crippen LogP contribution >= 0.6 is 22.9 Å². The predicted octanol–water partition coefficient (Wildman–Crippen LogP) is 6.53. The maximum absolute atomic E-state index is 12.5. The number of hydrogen-bond acceptors (Lipinski definition) is 7. The highest BCUT2D eigenvalue weighted by Gasteiger charge is 2.15. The molecule has 1 N–H and O–H groups in total. The Balaban J connectivity index is 1.45. The molecule has 0 aliphatic carbocycles. The van der Waals surface area contributed by atoms with Crippen LogP contribution in [0.25, 0.3) is 11.3 Å². The summed E-state index contributed by atoms with van der Waals surface area (Å²) in [6.45, 7) is 2.27. The summed E-state index contributed by atoms with van der Waals surface area (Å²) in [5.74, 6) is 0.185. The minimum Gasteiger partial charge on any atom is -0.490 e. The quantitative estimate of drug-likeness (QED) is 0.135. The number of thiazole rings is 1. The van der Waals surface area contributed by atoms with Gasteiger partial charge in [-0.1, -0.05) is 54.1 Å². The predicted molar refractivity (Wildman–Crippen MR) is 133 cm³/mol. The van der Waals surface area contributed by atoms with Crippen LogP contribution in [0.5, 0.6) is 11.5 Å². The highest BCUT2D eigenvalue weighted by molar-refractivity contribution is 7.14. The van der Waals surface area contributed by atoms with Crippen LogP contribution in [0.3, 0.4) is 0 Å². The summed E-state index contributed by atoms with van der Waals surface area (Å²) in [6, 6.07) is 21.9. The van der Waals surface area contributed by atoms with Crippen molar-refractivity contribution in [3.63, 3.8) is 0 Å². The number of rotatable bonds is 8. The zero-order valence-corrected chi connectivity index (χ0v) is 19.3. The molecule has 0 bridgehead atoms. The van der Waals surface area contributed by atoms with Gasteiger partial charge in [0.15, 0.2) is 11.5 Å². The van der Waals surface area contributed by atoms with Crippen molar-refractivity contribution in [1.29, 1.82) is 0 Å². The van der Waals surface area contributed by atoms with Gasteiger partial charge in [-0.2, -0.15) is 5.10 Å². The van der Waals surface area contributed by atoms with E-state index in [-0.39, 0.29) is 5.56 Å². The SMILES string of the molecule is CCOc1cc(C=NNc2nc(-c3ccccc3)cs2)ccc1OC(=O)c1ccccc1Cl. The highest BCUT2D eigenvalue weighted by atomic mass is 35.5. The second kappa shape index (κ2) is 10.8. The number of anilines is 1. The third-order valence-electron chi connectivity index (χ3n) is 4.51. The van der Waals surface area contributed by atoms with Crippen molar-refractivity contribution in [3.8, 4) is 22.8 Å². The van der Waals surface area contributed by atoms with Gasteiger partial charge in [0.05, 0.1) is 29.1 Å². The van der Waals surface area contributed by atoms with Gasteiger partial charge in [-0.25, -0.2) is 9.78 Å². The third kappa shape index (κ3) is 5.77. The molecule has 0 amide bonds. The number of aromatic nitrogens is 1. The number of carbonyl (C=O) groups is 1. The molecule has 0 aliphatic rings. The van der Waals surface area contributed by atoms with E-state index in [4.69, 9.17) is 21.1 Å². The van der Waals surface area contributed by atoms with Crippen molar-refractivity contribution in [1.82, 2.24) is 4.98 Å². The van der Waals surface area contributed by atoms with Crippen molar-refractivity contribution in [2.75, 3.05) is 12.0 Å². The molecule has 1 aromatic heterocycles. The number of esters is 1. The summed E-state index contributed by atoms with van der Waals surface area (Å²) in [4.78, 5) is 17.0. The van der Waals surface area contributed by atoms with E-state index in [0.29, 0.717) is 28.3 Å². The number of ether oxygens (including phenoxy) is 2. The molecule has 1 heterocycles. The second-order valence-electron chi connectivity index (χ2n) is 6.78. The van der Waals surface area contributed by atoms with Gasteiger partial charge in [-0.3, -0.25) is 5.43 Å². The number of hydrogen-bond donors (Lipinski definition) is 1. The standard InChI is InChI=1S/C25H20ClN3O3S/c1-2-31-23-14-17(12-13-22(23)32-24(30)19-10-6-7-11-20(19)26)15-27-29-25-28-21(16-33-25)18-8-4-3-5-9-18/h3-16H,2H2,1H3,(H,28,29). The Hall–Kier alpha value is -3.68.